The molecule has 1 aromatic rings. The number of nitrogens with zero attached hydrogens (tertiary/aromatic N) is 2. The van der Waals surface area contributed by atoms with Crippen LogP contribution >= 0.6 is 11.8 Å². The Morgan fingerprint density at radius 3 is 2.29 bits per heavy atom. The second kappa shape index (κ2) is 9.21. The monoisotopic (exact) mass is 482 g/mol. The van der Waals surface area contributed by atoms with Gasteiger partial charge in [-0.05, 0) is 105 Å². The van der Waals surface area contributed by atoms with E-state index in [-0.39, 0.29) is 17.3 Å². The van der Waals surface area contributed by atoms with Crippen LogP contribution in [0.1, 0.15) is 55.8 Å². The van der Waals surface area contributed by atoms with E-state index in [1.807, 2.05) is 0 Å². The van der Waals surface area contributed by atoms with Crippen molar-refractivity contribution in [3.8, 4) is 0 Å². The molecule has 1 heterocycles. The highest BCUT2D eigenvalue weighted by Crippen LogP contribution is 2.60. The van der Waals surface area contributed by atoms with Crippen molar-refractivity contribution in [3.05, 3.63) is 40.8 Å². The van der Waals surface area contributed by atoms with Gasteiger partial charge in [-0.2, -0.15) is 0 Å². The predicted octanol–water partition coefficient (Wildman–Crippen LogP) is 4.70. The minimum atomic E-state index is -0.550. The topological polar surface area (TPSA) is 85.3 Å². The smallest absolute Gasteiger partial charge is 0.338 e. The zero-order valence-corrected chi connectivity index (χ0v) is 20.4. The highest BCUT2D eigenvalue weighted by atomic mass is 32.2. The zero-order chi connectivity index (χ0) is 23.9. The fourth-order valence-electron chi connectivity index (χ4n) is 6.71. The van der Waals surface area contributed by atoms with Crippen molar-refractivity contribution in [2.24, 2.45) is 28.2 Å². The van der Waals surface area contributed by atoms with Crippen molar-refractivity contribution in [2.75, 3.05) is 20.3 Å². The van der Waals surface area contributed by atoms with E-state index in [0.717, 1.165) is 17.8 Å². The van der Waals surface area contributed by atoms with E-state index in [1.54, 1.807) is 36.1 Å². The molecule has 5 fully saturated rings. The Morgan fingerprint density at radius 1 is 1.12 bits per heavy atom. The van der Waals surface area contributed by atoms with Crippen LogP contribution in [0.3, 0.4) is 0 Å². The molecule has 4 bridgehead atoms. The first kappa shape index (κ1) is 23.1. The molecular weight excluding hydrogens is 452 g/mol. The van der Waals surface area contributed by atoms with Gasteiger partial charge in [0.1, 0.15) is 0 Å². The number of hydrogen-bond donors (Lipinski definition) is 0. The molecule has 34 heavy (non-hydrogen) atoms. The minimum absolute atomic E-state index is 0.139. The van der Waals surface area contributed by atoms with Crippen LogP contribution in [-0.4, -0.2) is 48.2 Å². The maximum absolute atomic E-state index is 13.4. The standard InChI is InChI=1S/C26H30N2O5S/c1-3-33-24(31)19-4-6-20(7-5-19)27-25-28(23(30)21(34-25)11-22(29)32-2)15-26-12-16-8-17(13-26)10-18(9-16)14-26/h4-7,11,16-18H,3,8-10,12-15H2,1-2H3/b21-11-,27-25?. The molecule has 180 valence electrons. The summed E-state index contributed by atoms with van der Waals surface area (Å²) < 4.78 is 9.80. The van der Waals surface area contributed by atoms with Crippen LogP contribution in [0.2, 0.25) is 0 Å². The first-order valence-electron chi connectivity index (χ1n) is 12.0. The summed E-state index contributed by atoms with van der Waals surface area (Å²) >= 11 is 1.21. The Morgan fingerprint density at radius 2 is 1.74 bits per heavy atom. The number of rotatable bonds is 6. The Labute approximate surface area is 204 Å². The maximum Gasteiger partial charge on any atom is 0.338 e. The van der Waals surface area contributed by atoms with E-state index >= 15 is 0 Å². The van der Waals surface area contributed by atoms with E-state index < -0.39 is 5.97 Å². The predicted molar refractivity (Wildman–Crippen MR) is 130 cm³/mol. The summed E-state index contributed by atoms with van der Waals surface area (Å²) in [5, 5.41) is 0.569. The first-order valence-corrected chi connectivity index (χ1v) is 12.8. The minimum Gasteiger partial charge on any atom is -0.466 e. The van der Waals surface area contributed by atoms with Gasteiger partial charge in [-0.25, -0.2) is 14.6 Å². The van der Waals surface area contributed by atoms with E-state index in [1.165, 1.54) is 63.5 Å². The van der Waals surface area contributed by atoms with Crippen molar-refractivity contribution >= 4 is 40.5 Å². The third-order valence-corrected chi connectivity index (χ3v) is 8.61. The Bertz CT molecular complexity index is 1030. The van der Waals surface area contributed by atoms with Gasteiger partial charge in [0.05, 0.1) is 29.9 Å². The highest BCUT2D eigenvalue weighted by molar-refractivity contribution is 8.18. The molecule has 0 spiro atoms. The number of amidine groups is 1. The van der Waals surface area contributed by atoms with Crippen LogP contribution in [-0.2, 0) is 19.1 Å². The van der Waals surface area contributed by atoms with E-state index in [9.17, 15) is 14.4 Å². The van der Waals surface area contributed by atoms with Crippen molar-refractivity contribution < 1.29 is 23.9 Å². The Hall–Kier alpha value is -2.61. The molecule has 0 aromatic heterocycles. The summed E-state index contributed by atoms with van der Waals surface area (Å²) in [5.74, 6) is 1.21. The molecule has 1 saturated heterocycles. The molecule has 6 rings (SSSR count). The van der Waals surface area contributed by atoms with Crippen molar-refractivity contribution in [2.45, 2.75) is 45.4 Å². The third kappa shape index (κ3) is 4.52. The second-order valence-corrected chi connectivity index (χ2v) is 11.1. The van der Waals surface area contributed by atoms with Gasteiger partial charge in [-0.3, -0.25) is 9.69 Å². The quantitative estimate of drug-likeness (QED) is 0.432. The van der Waals surface area contributed by atoms with Gasteiger partial charge in [0, 0.05) is 12.6 Å². The zero-order valence-electron chi connectivity index (χ0n) is 19.6. The number of thioether (sulfide) groups is 1. The molecule has 0 N–H and O–H groups in total. The highest BCUT2D eigenvalue weighted by Gasteiger charge is 2.53. The SMILES string of the molecule is CCOC(=O)c1ccc(N=C2S/C(=C\C(=O)OC)C(=O)N2CC23CC4CC(CC(C4)C2)C3)cc1. The van der Waals surface area contributed by atoms with Crippen molar-refractivity contribution in [1.29, 1.82) is 0 Å². The molecule has 0 radical (unpaired) electrons. The van der Waals surface area contributed by atoms with Crippen LogP contribution < -0.4 is 0 Å². The lowest BCUT2D eigenvalue weighted by molar-refractivity contribution is -0.135. The lowest BCUT2D eigenvalue weighted by atomic mass is 9.49. The van der Waals surface area contributed by atoms with Gasteiger partial charge in [0.15, 0.2) is 5.17 Å². The second-order valence-electron chi connectivity index (χ2n) is 10.1. The number of carbonyl (C=O) groups excluding carboxylic acids is 3. The van der Waals surface area contributed by atoms with E-state index in [2.05, 4.69) is 0 Å². The molecule has 1 amide bonds. The summed E-state index contributed by atoms with van der Waals surface area (Å²) in [6, 6.07) is 6.84. The molecule has 7 nitrogen and oxygen atoms in total. The average molecular weight is 483 g/mol. The number of carbonyl (C=O) groups is 3. The molecule has 1 aliphatic heterocycles. The number of benzene rings is 1. The number of ether oxygens (including phenoxy) is 2. The number of esters is 2. The maximum atomic E-state index is 13.4. The molecule has 4 aliphatic carbocycles. The molecule has 0 unspecified atom stereocenters. The Balaban J connectivity index is 1.43. The molecule has 0 atom stereocenters. The molecule has 1 aromatic carbocycles. The molecular formula is C26H30N2O5S. The lowest BCUT2D eigenvalue weighted by Crippen LogP contribution is -2.52. The fraction of sp³-hybridized carbons (Fsp3) is 0.538. The van der Waals surface area contributed by atoms with Gasteiger partial charge >= 0.3 is 11.9 Å². The fourth-order valence-corrected chi connectivity index (χ4v) is 7.67. The van der Waals surface area contributed by atoms with Crippen LogP contribution in [0.4, 0.5) is 5.69 Å². The van der Waals surface area contributed by atoms with Gasteiger partial charge in [-0.15, -0.1) is 0 Å². The summed E-state index contributed by atoms with van der Waals surface area (Å²) in [6.45, 7) is 2.72. The van der Waals surface area contributed by atoms with Crippen LogP contribution in [0, 0.1) is 23.2 Å². The Kier molecular flexibility index (Phi) is 6.27. The van der Waals surface area contributed by atoms with Gasteiger partial charge in [0.2, 0.25) is 0 Å². The summed E-state index contributed by atoms with van der Waals surface area (Å²) in [4.78, 5) is 44.1. The van der Waals surface area contributed by atoms with Crippen LogP contribution in [0.5, 0.6) is 0 Å². The lowest BCUT2D eigenvalue weighted by Gasteiger charge is -2.57. The number of hydrogen-bond acceptors (Lipinski definition) is 7. The first-order chi connectivity index (χ1) is 16.4. The largest absolute Gasteiger partial charge is 0.466 e. The normalized spacial score (nSPS) is 32.0. The number of methoxy groups -OCH3 is 1. The van der Waals surface area contributed by atoms with Gasteiger partial charge < -0.3 is 9.47 Å². The van der Waals surface area contributed by atoms with E-state index in [0.29, 0.717) is 34.5 Å². The van der Waals surface area contributed by atoms with Gasteiger partial charge in [-0.1, -0.05) is 0 Å². The summed E-state index contributed by atoms with van der Waals surface area (Å²) in [5.41, 5.74) is 1.23. The molecule has 4 saturated carbocycles. The number of aliphatic imine (C=N–C) groups is 1. The van der Waals surface area contributed by atoms with Crippen LogP contribution in [0.25, 0.3) is 0 Å². The van der Waals surface area contributed by atoms with Gasteiger partial charge in [0.25, 0.3) is 5.91 Å². The van der Waals surface area contributed by atoms with Crippen molar-refractivity contribution in [3.63, 3.8) is 0 Å². The third-order valence-electron chi connectivity index (χ3n) is 7.60. The summed E-state index contributed by atoms with van der Waals surface area (Å²) in [7, 11) is 1.30. The molecule has 5 aliphatic rings. The number of amides is 1. The van der Waals surface area contributed by atoms with Crippen LogP contribution in [0.15, 0.2) is 40.2 Å². The van der Waals surface area contributed by atoms with Crippen molar-refractivity contribution in [1.82, 2.24) is 4.90 Å². The summed E-state index contributed by atoms with van der Waals surface area (Å²) in [6.07, 6.45) is 8.78. The molecule has 8 heteroatoms. The van der Waals surface area contributed by atoms with E-state index in [4.69, 9.17) is 14.5 Å². The average Bonchev–Trinajstić information content (AvgIpc) is 3.07.